The zero-order valence-electron chi connectivity index (χ0n) is 16.6. The molecule has 0 bridgehead atoms. The van der Waals surface area contributed by atoms with Gasteiger partial charge in [-0.05, 0) is 54.1 Å². The Morgan fingerprint density at radius 1 is 0.867 bits per heavy atom. The Hall–Kier alpha value is -2.96. The van der Waals surface area contributed by atoms with E-state index in [-0.39, 0.29) is 0 Å². The van der Waals surface area contributed by atoms with Gasteiger partial charge in [0.15, 0.2) is 11.0 Å². The summed E-state index contributed by atoms with van der Waals surface area (Å²) < 4.78 is 12.7. The first-order valence-corrected chi connectivity index (χ1v) is 10.7. The Kier molecular flexibility index (Phi) is 6.26. The molecule has 4 rings (SSSR count). The van der Waals surface area contributed by atoms with Gasteiger partial charge in [-0.1, -0.05) is 47.6 Å². The molecular weight excluding hydrogens is 418 g/mol. The van der Waals surface area contributed by atoms with Crippen LogP contribution in [0, 0.1) is 0 Å². The highest BCUT2D eigenvalue weighted by molar-refractivity contribution is 7.98. The molecule has 0 N–H and O–H groups in total. The predicted molar refractivity (Wildman–Crippen MR) is 121 cm³/mol. The van der Waals surface area contributed by atoms with E-state index in [1.807, 2.05) is 71.3 Å². The number of rotatable bonds is 7. The number of thioether (sulfide) groups is 1. The summed E-state index contributed by atoms with van der Waals surface area (Å²) in [6.45, 7) is 0. The second-order valence-corrected chi connectivity index (χ2v) is 7.87. The topological polar surface area (TPSA) is 49.2 Å². The van der Waals surface area contributed by atoms with Gasteiger partial charge in [-0.3, -0.25) is 4.57 Å². The SMILES string of the molecule is COc1cccc(CSc2nnc(-c3cccc(OC)c3)n2-c2ccc(Cl)cc2)c1. The molecule has 5 nitrogen and oxygen atoms in total. The molecule has 0 aliphatic carbocycles. The van der Waals surface area contributed by atoms with Crippen molar-refractivity contribution in [3.05, 3.63) is 83.4 Å². The van der Waals surface area contributed by atoms with Crippen LogP contribution in [-0.4, -0.2) is 29.0 Å². The highest BCUT2D eigenvalue weighted by Crippen LogP contribution is 2.32. The van der Waals surface area contributed by atoms with Gasteiger partial charge in [0.1, 0.15) is 11.5 Å². The molecule has 0 fully saturated rings. The Labute approximate surface area is 184 Å². The highest BCUT2D eigenvalue weighted by Gasteiger charge is 2.17. The number of aromatic nitrogens is 3. The van der Waals surface area contributed by atoms with Crippen molar-refractivity contribution in [3.8, 4) is 28.6 Å². The molecular formula is C23H20ClN3O2S. The van der Waals surface area contributed by atoms with Gasteiger partial charge < -0.3 is 9.47 Å². The van der Waals surface area contributed by atoms with Gasteiger partial charge in [0.05, 0.1) is 14.2 Å². The smallest absolute Gasteiger partial charge is 0.196 e. The summed E-state index contributed by atoms with van der Waals surface area (Å²) in [4.78, 5) is 0. The lowest BCUT2D eigenvalue weighted by molar-refractivity contribution is 0.414. The van der Waals surface area contributed by atoms with Crippen LogP contribution in [0.4, 0.5) is 0 Å². The van der Waals surface area contributed by atoms with E-state index in [0.717, 1.165) is 45.0 Å². The van der Waals surface area contributed by atoms with Crippen LogP contribution >= 0.6 is 23.4 Å². The molecule has 1 aromatic heterocycles. The summed E-state index contributed by atoms with van der Waals surface area (Å²) >= 11 is 7.72. The summed E-state index contributed by atoms with van der Waals surface area (Å²) in [5.41, 5.74) is 3.01. The highest BCUT2D eigenvalue weighted by atomic mass is 35.5. The lowest BCUT2D eigenvalue weighted by Crippen LogP contribution is -2.00. The van der Waals surface area contributed by atoms with Gasteiger partial charge in [0, 0.05) is 22.0 Å². The van der Waals surface area contributed by atoms with Crippen LogP contribution in [0.25, 0.3) is 17.1 Å². The van der Waals surface area contributed by atoms with Crippen molar-refractivity contribution in [1.29, 1.82) is 0 Å². The Morgan fingerprint density at radius 3 is 2.30 bits per heavy atom. The maximum Gasteiger partial charge on any atom is 0.196 e. The third-order valence-electron chi connectivity index (χ3n) is 4.55. The average Bonchev–Trinajstić information content (AvgIpc) is 3.22. The predicted octanol–water partition coefficient (Wildman–Crippen LogP) is 5.90. The molecule has 0 aliphatic rings. The molecule has 0 amide bonds. The largest absolute Gasteiger partial charge is 0.497 e. The molecule has 0 unspecified atom stereocenters. The zero-order chi connectivity index (χ0) is 20.9. The fraction of sp³-hybridized carbons (Fsp3) is 0.130. The lowest BCUT2D eigenvalue weighted by atomic mass is 10.2. The minimum absolute atomic E-state index is 0.681. The molecule has 1 heterocycles. The number of methoxy groups -OCH3 is 2. The monoisotopic (exact) mass is 437 g/mol. The molecule has 30 heavy (non-hydrogen) atoms. The molecule has 0 radical (unpaired) electrons. The average molecular weight is 438 g/mol. The minimum atomic E-state index is 0.681. The van der Waals surface area contributed by atoms with Crippen LogP contribution in [0.5, 0.6) is 11.5 Å². The van der Waals surface area contributed by atoms with Crippen molar-refractivity contribution in [1.82, 2.24) is 14.8 Å². The van der Waals surface area contributed by atoms with E-state index in [9.17, 15) is 0 Å². The van der Waals surface area contributed by atoms with E-state index in [0.29, 0.717) is 5.02 Å². The van der Waals surface area contributed by atoms with E-state index in [2.05, 4.69) is 16.3 Å². The van der Waals surface area contributed by atoms with E-state index >= 15 is 0 Å². The van der Waals surface area contributed by atoms with Crippen molar-refractivity contribution < 1.29 is 9.47 Å². The van der Waals surface area contributed by atoms with Crippen LogP contribution in [0.3, 0.4) is 0 Å². The maximum absolute atomic E-state index is 6.10. The van der Waals surface area contributed by atoms with Crippen LogP contribution < -0.4 is 9.47 Å². The third kappa shape index (κ3) is 4.45. The second-order valence-electron chi connectivity index (χ2n) is 6.49. The summed E-state index contributed by atoms with van der Waals surface area (Å²) in [5, 5.41) is 10.4. The maximum atomic E-state index is 6.10. The summed E-state index contributed by atoms with van der Waals surface area (Å²) in [6, 6.07) is 23.5. The number of benzene rings is 3. The first kappa shape index (κ1) is 20.3. The molecule has 0 saturated carbocycles. The van der Waals surface area contributed by atoms with Gasteiger partial charge >= 0.3 is 0 Å². The molecule has 152 valence electrons. The second kappa shape index (κ2) is 9.24. The number of hydrogen-bond donors (Lipinski definition) is 0. The van der Waals surface area contributed by atoms with Gasteiger partial charge in [-0.25, -0.2) is 0 Å². The third-order valence-corrected chi connectivity index (χ3v) is 5.80. The van der Waals surface area contributed by atoms with Crippen molar-refractivity contribution in [2.45, 2.75) is 10.9 Å². The molecule has 7 heteroatoms. The molecule has 0 spiro atoms. The fourth-order valence-corrected chi connectivity index (χ4v) is 4.07. The van der Waals surface area contributed by atoms with Gasteiger partial charge in [-0.2, -0.15) is 0 Å². The van der Waals surface area contributed by atoms with E-state index in [1.54, 1.807) is 26.0 Å². The Morgan fingerprint density at radius 2 is 1.57 bits per heavy atom. The van der Waals surface area contributed by atoms with Crippen LogP contribution in [-0.2, 0) is 5.75 Å². The van der Waals surface area contributed by atoms with E-state index in [1.165, 1.54) is 0 Å². The van der Waals surface area contributed by atoms with Crippen molar-refractivity contribution in [2.24, 2.45) is 0 Å². The number of nitrogens with zero attached hydrogens (tertiary/aromatic N) is 3. The molecule has 0 aliphatic heterocycles. The molecule has 3 aromatic carbocycles. The van der Waals surface area contributed by atoms with E-state index < -0.39 is 0 Å². The first-order chi connectivity index (χ1) is 14.7. The summed E-state index contributed by atoms with van der Waals surface area (Å²) in [7, 11) is 3.32. The van der Waals surface area contributed by atoms with Crippen LogP contribution in [0.2, 0.25) is 5.02 Å². The number of hydrogen-bond acceptors (Lipinski definition) is 5. The molecule has 4 aromatic rings. The van der Waals surface area contributed by atoms with Crippen molar-refractivity contribution in [2.75, 3.05) is 14.2 Å². The summed E-state index contributed by atoms with van der Waals surface area (Å²) in [6.07, 6.45) is 0. The van der Waals surface area contributed by atoms with Gasteiger partial charge in [-0.15, -0.1) is 10.2 Å². The molecule has 0 atom stereocenters. The zero-order valence-corrected chi connectivity index (χ0v) is 18.2. The van der Waals surface area contributed by atoms with E-state index in [4.69, 9.17) is 21.1 Å². The Bertz CT molecular complexity index is 1150. The van der Waals surface area contributed by atoms with Gasteiger partial charge in [0.2, 0.25) is 0 Å². The lowest BCUT2D eigenvalue weighted by Gasteiger charge is -2.11. The summed E-state index contributed by atoms with van der Waals surface area (Å²) in [5.74, 6) is 3.08. The molecule has 0 saturated heterocycles. The Balaban J connectivity index is 1.72. The number of ether oxygens (including phenoxy) is 2. The number of halogens is 1. The van der Waals surface area contributed by atoms with Crippen LogP contribution in [0.15, 0.2) is 78.0 Å². The van der Waals surface area contributed by atoms with Crippen molar-refractivity contribution >= 4 is 23.4 Å². The van der Waals surface area contributed by atoms with Crippen molar-refractivity contribution in [3.63, 3.8) is 0 Å². The minimum Gasteiger partial charge on any atom is -0.497 e. The normalized spacial score (nSPS) is 10.8. The standard InChI is InChI=1S/C23H20ClN3O2S/c1-28-20-7-3-5-16(13-20)15-30-23-26-25-22(17-6-4-8-21(14-17)29-2)27(23)19-11-9-18(24)10-12-19/h3-14H,15H2,1-2H3. The quantitative estimate of drug-likeness (QED) is 0.337. The first-order valence-electron chi connectivity index (χ1n) is 9.29. The van der Waals surface area contributed by atoms with Gasteiger partial charge in [0.25, 0.3) is 0 Å². The van der Waals surface area contributed by atoms with Crippen LogP contribution in [0.1, 0.15) is 5.56 Å². The fourth-order valence-electron chi connectivity index (χ4n) is 3.05.